The van der Waals surface area contributed by atoms with Crippen molar-refractivity contribution in [2.75, 3.05) is 20.5 Å². The van der Waals surface area contributed by atoms with Crippen LogP contribution in [0.3, 0.4) is 0 Å². The van der Waals surface area contributed by atoms with Crippen molar-refractivity contribution in [2.24, 2.45) is 0 Å². The van der Waals surface area contributed by atoms with Gasteiger partial charge in [0.1, 0.15) is 0 Å². The molecule has 0 saturated heterocycles. The lowest BCUT2D eigenvalue weighted by Crippen LogP contribution is -2.35. The van der Waals surface area contributed by atoms with Gasteiger partial charge in [-0.05, 0) is 45.4 Å². The fraction of sp³-hybridized carbons (Fsp3) is 0.600. The van der Waals surface area contributed by atoms with Crippen LogP contribution >= 0.6 is 11.6 Å². The lowest BCUT2D eigenvalue weighted by atomic mass is 10.1. The minimum Gasteiger partial charge on any atom is -0.493 e. The van der Waals surface area contributed by atoms with E-state index in [2.05, 4.69) is 26.1 Å². The van der Waals surface area contributed by atoms with Crippen molar-refractivity contribution in [2.45, 2.75) is 39.8 Å². The third-order valence-corrected chi connectivity index (χ3v) is 2.88. The summed E-state index contributed by atoms with van der Waals surface area (Å²) in [5.74, 6) is 1.13. The minimum absolute atomic E-state index is 0.0455. The van der Waals surface area contributed by atoms with Crippen molar-refractivity contribution in [3.05, 3.63) is 22.7 Å². The molecule has 0 aliphatic rings. The Morgan fingerprint density at radius 3 is 2.50 bits per heavy atom. The number of benzene rings is 1. The standard InChI is InChI=1S/C15H24ClNO3/c1-6-19-10-20-14-12(16)7-11(8-13(14)18-5)9-17-15(2,3)4/h7-8,17H,6,9-10H2,1-5H3. The van der Waals surface area contributed by atoms with Crippen molar-refractivity contribution in [3.63, 3.8) is 0 Å². The first-order chi connectivity index (χ1) is 9.37. The van der Waals surface area contributed by atoms with E-state index in [1.807, 2.05) is 19.1 Å². The van der Waals surface area contributed by atoms with E-state index in [0.29, 0.717) is 29.7 Å². The minimum atomic E-state index is 0.0455. The van der Waals surface area contributed by atoms with Crippen molar-refractivity contribution < 1.29 is 14.2 Å². The van der Waals surface area contributed by atoms with E-state index in [9.17, 15) is 0 Å². The van der Waals surface area contributed by atoms with E-state index in [1.165, 1.54) is 0 Å². The number of hydrogen-bond acceptors (Lipinski definition) is 4. The zero-order valence-electron chi connectivity index (χ0n) is 12.9. The van der Waals surface area contributed by atoms with Gasteiger partial charge in [0.15, 0.2) is 18.3 Å². The summed E-state index contributed by atoms with van der Waals surface area (Å²) in [6.07, 6.45) is 0. The van der Waals surface area contributed by atoms with Gasteiger partial charge in [0.25, 0.3) is 0 Å². The maximum atomic E-state index is 6.25. The fourth-order valence-corrected chi connectivity index (χ4v) is 1.85. The molecular formula is C15H24ClNO3. The number of hydrogen-bond donors (Lipinski definition) is 1. The molecule has 0 aliphatic carbocycles. The van der Waals surface area contributed by atoms with Gasteiger partial charge in [-0.25, -0.2) is 0 Å². The first-order valence-electron chi connectivity index (χ1n) is 6.69. The second kappa shape index (κ2) is 7.72. The van der Waals surface area contributed by atoms with Crippen LogP contribution in [-0.4, -0.2) is 26.0 Å². The molecule has 114 valence electrons. The predicted molar refractivity (Wildman–Crippen MR) is 81.7 cm³/mol. The first kappa shape index (κ1) is 17.1. The number of halogens is 1. The molecule has 0 bridgehead atoms. The van der Waals surface area contributed by atoms with E-state index in [1.54, 1.807) is 7.11 Å². The van der Waals surface area contributed by atoms with E-state index < -0.39 is 0 Å². The highest BCUT2D eigenvalue weighted by molar-refractivity contribution is 6.32. The Hall–Kier alpha value is -0.970. The number of ether oxygens (including phenoxy) is 3. The van der Waals surface area contributed by atoms with Crippen LogP contribution in [0.15, 0.2) is 12.1 Å². The Bertz CT molecular complexity index is 430. The normalized spacial score (nSPS) is 11.5. The van der Waals surface area contributed by atoms with Crippen LogP contribution in [0.4, 0.5) is 0 Å². The Kier molecular flexibility index (Phi) is 6.59. The third kappa shape index (κ3) is 5.57. The smallest absolute Gasteiger partial charge is 0.189 e. The van der Waals surface area contributed by atoms with Crippen LogP contribution in [-0.2, 0) is 11.3 Å². The quantitative estimate of drug-likeness (QED) is 0.617. The van der Waals surface area contributed by atoms with E-state index in [0.717, 1.165) is 5.56 Å². The molecule has 0 amide bonds. The highest BCUT2D eigenvalue weighted by Crippen LogP contribution is 2.36. The maximum absolute atomic E-state index is 6.25. The summed E-state index contributed by atoms with van der Waals surface area (Å²) in [6.45, 7) is 9.72. The Morgan fingerprint density at radius 1 is 1.25 bits per heavy atom. The lowest BCUT2D eigenvalue weighted by Gasteiger charge is -2.21. The van der Waals surface area contributed by atoms with Gasteiger partial charge in [-0.1, -0.05) is 11.6 Å². The van der Waals surface area contributed by atoms with Crippen LogP contribution in [0.25, 0.3) is 0 Å². The van der Waals surface area contributed by atoms with Crippen LogP contribution in [0.5, 0.6) is 11.5 Å². The second-order valence-electron chi connectivity index (χ2n) is 5.47. The Morgan fingerprint density at radius 2 is 1.95 bits per heavy atom. The van der Waals surface area contributed by atoms with Crippen LogP contribution in [0.2, 0.25) is 5.02 Å². The molecule has 20 heavy (non-hydrogen) atoms. The van der Waals surface area contributed by atoms with Gasteiger partial charge < -0.3 is 19.5 Å². The Balaban J connectivity index is 2.83. The van der Waals surface area contributed by atoms with Crippen molar-refractivity contribution >= 4 is 11.6 Å². The van der Waals surface area contributed by atoms with Gasteiger partial charge in [-0.3, -0.25) is 0 Å². The van der Waals surface area contributed by atoms with Crippen LogP contribution in [0.1, 0.15) is 33.3 Å². The first-order valence-corrected chi connectivity index (χ1v) is 7.07. The number of methoxy groups -OCH3 is 1. The molecule has 0 radical (unpaired) electrons. The summed E-state index contributed by atoms with van der Waals surface area (Å²) in [6, 6.07) is 3.80. The summed E-state index contributed by atoms with van der Waals surface area (Å²) in [4.78, 5) is 0. The van der Waals surface area contributed by atoms with Crippen molar-refractivity contribution in [3.8, 4) is 11.5 Å². The molecule has 0 atom stereocenters. The fourth-order valence-electron chi connectivity index (χ4n) is 1.57. The van der Waals surface area contributed by atoms with Gasteiger partial charge in [0.05, 0.1) is 12.1 Å². The van der Waals surface area contributed by atoms with Gasteiger partial charge in [-0.2, -0.15) is 0 Å². The predicted octanol–water partition coefficient (Wildman–Crippen LogP) is 3.61. The number of rotatable bonds is 7. The second-order valence-corrected chi connectivity index (χ2v) is 5.87. The van der Waals surface area contributed by atoms with Crippen LogP contribution in [0, 0.1) is 0 Å². The molecule has 1 rings (SSSR count). The number of nitrogens with one attached hydrogen (secondary N) is 1. The summed E-state index contributed by atoms with van der Waals surface area (Å²) in [5.41, 5.74) is 1.09. The third-order valence-electron chi connectivity index (χ3n) is 2.60. The molecule has 0 aromatic heterocycles. The average molecular weight is 302 g/mol. The molecular weight excluding hydrogens is 278 g/mol. The molecule has 5 heteroatoms. The van der Waals surface area contributed by atoms with E-state index in [-0.39, 0.29) is 12.3 Å². The molecule has 0 spiro atoms. The molecule has 0 fully saturated rings. The molecule has 1 aromatic carbocycles. The van der Waals surface area contributed by atoms with Gasteiger partial charge in [0.2, 0.25) is 0 Å². The Labute approximate surface area is 126 Å². The molecule has 1 N–H and O–H groups in total. The SMILES string of the molecule is CCOCOc1c(Cl)cc(CNC(C)(C)C)cc1OC. The van der Waals surface area contributed by atoms with Crippen molar-refractivity contribution in [1.82, 2.24) is 5.32 Å². The molecule has 1 aromatic rings. The molecule has 0 saturated carbocycles. The molecule has 0 heterocycles. The van der Waals surface area contributed by atoms with Gasteiger partial charge in [-0.15, -0.1) is 0 Å². The summed E-state index contributed by atoms with van der Waals surface area (Å²) in [5, 5.41) is 3.93. The monoisotopic (exact) mass is 301 g/mol. The summed E-state index contributed by atoms with van der Waals surface area (Å²) >= 11 is 6.25. The summed E-state index contributed by atoms with van der Waals surface area (Å²) < 4.78 is 16.0. The lowest BCUT2D eigenvalue weighted by molar-refractivity contribution is 0.0209. The molecule has 0 unspecified atom stereocenters. The van der Waals surface area contributed by atoms with Gasteiger partial charge >= 0.3 is 0 Å². The highest BCUT2D eigenvalue weighted by Gasteiger charge is 2.14. The average Bonchev–Trinajstić information content (AvgIpc) is 2.37. The topological polar surface area (TPSA) is 39.7 Å². The van der Waals surface area contributed by atoms with Gasteiger partial charge in [0, 0.05) is 18.7 Å². The van der Waals surface area contributed by atoms with Crippen molar-refractivity contribution in [1.29, 1.82) is 0 Å². The van der Waals surface area contributed by atoms with Crippen LogP contribution < -0.4 is 14.8 Å². The molecule has 0 aliphatic heterocycles. The maximum Gasteiger partial charge on any atom is 0.189 e. The zero-order valence-corrected chi connectivity index (χ0v) is 13.6. The summed E-state index contributed by atoms with van der Waals surface area (Å²) in [7, 11) is 1.60. The zero-order chi connectivity index (χ0) is 15.2. The van der Waals surface area contributed by atoms with E-state index >= 15 is 0 Å². The largest absolute Gasteiger partial charge is 0.493 e. The highest BCUT2D eigenvalue weighted by atomic mass is 35.5. The van der Waals surface area contributed by atoms with E-state index in [4.69, 9.17) is 25.8 Å². The molecule has 4 nitrogen and oxygen atoms in total.